The number of fused-ring (bicyclic) bond motifs is 1. The van der Waals surface area contributed by atoms with Crippen LogP contribution >= 0.6 is 11.3 Å². The van der Waals surface area contributed by atoms with Gasteiger partial charge in [-0.15, -0.1) is 5.10 Å². The third-order valence-corrected chi connectivity index (χ3v) is 6.69. The number of nitrogens with zero attached hydrogens (tertiary/aromatic N) is 7. The summed E-state index contributed by atoms with van der Waals surface area (Å²) in [5.41, 5.74) is 3.09. The molecule has 1 aliphatic heterocycles. The SMILES string of the molecule is CCc1cnc(N2CCC([C@@H](C)Oc3nn4cc(-c5ccncc5)nc4s3)CC2)nc1. The Labute approximate surface area is 185 Å². The Morgan fingerprint density at radius 3 is 2.58 bits per heavy atom. The van der Waals surface area contributed by atoms with Crippen LogP contribution in [0.2, 0.25) is 0 Å². The fourth-order valence-electron chi connectivity index (χ4n) is 3.91. The summed E-state index contributed by atoms with van der Waals surface area (Å²) in [6, 6.07) is 3.89. The van der Waals surface area contributed by atoms with Gasteiger partial charge in [-0.2, -0.15) is 0 Å². The highest BCUT2D eigenvalue weighted by atomic mass is 32.1. The van der Waals surface area contributed by atoms with Crippen LogP contribution in [0.4, 0.5) is 5.95 Å². The van der Waals surface area contributed by atoms with Crippen LogP contribution < -0.4 is 9.64 Å². The van der Waals surface area contributed by atoms with Crippen molar-refractivity contribution in [3.8, 4) is 16.5 Å². The van der Waals surface area contributed by atoms with Gasteiger partial charge >= 0.3 is 0 Å². The molecule has 0 aliphatic carbocycles. The first-order valence-electron chi connectivity index (χ1n) is 10.7. The zero-order chi connectivity index (χ0) is 21.2. The van der Waals surface area contributed by atoms with Crippen LogP contribution in [-0.4, -0.2) is 48.7 Å². The van der Waals surface area contributed by atoms with Crippen LogP contribution in [0.15, 0.2) is 43.1 Å². The summed E-state index contributed by atoms with van der Waals surface area (Å²) < 4.78 is 7.99. The molecule has 0 radical (unpaired) electrons. The van der Waals surface area contributed by atoms with Crippen LogP contribution in [0.25, 0.3) is 16.2 Å². The first-order chi connectivity index (χ1) is 15.2. The number of aromatic nitrogens is 6. The third kappa shape index (κ3) is 4.23. The van der Waals surface area contributed by atoms with Gasteiger partial charge in [-0.3, -0.25) is 4.98 Å². The van der Waals surface area contributed by atoms with E-state index in [2.05, 4.69) is 43.8 Å². The molecule has 31 heavy (non-hydrogen) atoms. The Morgan fingerprint density at radius 2 is 1.90 bits per heavy atom. The molecule has 0 spiro atoms. The van der Waals surface area contributed by atoms with Crippen LogP contribution in [-0.2, 0) is 6.42 Å². The number of ether oxygens (including phenoxy) is 1. The standard InChI is InChI=1S/C22H25N7OS/c1-3-16-12-24-20(25-13-16)28-10-6-17(7-11-28)15(2)30-22-27-29-14-19(26-21(29)31-22)18-4-8-23-9-5-18/h4-5,8-9,12-15,17H,3,6-7,10-11H2,1-2H3/t15-/m1/s1. The lowest BCUT2D eigenvalue weighted by molar-refractivity contribution is 0.131. The molecule has 1 saturated heterocycles. The normalized spacial score (nSPS) is 16.0. The van der Waals surface area contributed by atoms with E-state index < -0.39 is 0 Å². The predicted molar refractivity (Wildman–Crippen MR) is 121 cm³/mol. The van der Waals surface area contributed by atoms with Crippen molar-refractivity contribution >= 4 is 22.2 Å². The van der Waals surface area contributed by atoms with E-state index in [0.717, 1.165) is 54.5 Å². The quantitative estimate of drug-likeness (QED) is 0.454. The number of pyridine rings is 1. The average molecular weight is 436 g/mol. The molecule has 4 aromatic heterocycles. The Bertz CT molecular complexity index is 1100. The van der Waals surface area contributed by atoms with Crippen molar-refractivity contribution in [1.29, 1.82) is 0 Å². The van der Waals surface area contributed by atoms with Crippen molar-refractivity contribution < 1.29 is 4.74 Å². The maximum atomic E-state index is 6.20. The zero-order valence-corrected chi connectivity index (χ0v) is 18.5. The van der Waals surface area contributed by atoms with Gasteiger partial charge in [0.2, 0.25) is 10.9 Å². The number of hydrogen-bond acceptors (Lipinski definition) is 8. The van der Waals surface area contributed by atoms with E-state index >= 15 is 0 Å². The maximum Gasteiger partial charge on any atom is 0.294 e. The fraction of sp³-hybridized carbons (Fsp3) is 0.409. The van der Waals surface area contributed by atoms with Crippen molar-refractivity contribution in [1.82, 2.24) is 29.5 Å². The second-order valence-electron chi connectivity index (χ2n) is 7.85. The van der Waals surface area contributed by atoms with E-state index in [-0.39, 0.29) is 6.10 Å². The molecular weight excluding hydrogens is 410 g/mol. The molecule has 5 heterocycles. The smallest absolute Gasteiger partial charge is 0.294 e. The number of piperidine rings is 1. The third-order valence-electron chi connectivity index (χ3n) is 5.87. The van der Waals surface area contributed by atoms with Gasteiger partial charge in [-0.1, -0.05) is 6.92 Å². The molecular formula is C22H25N7OS. The molecule has 1 aliphatic rings. The summed E-state index contributed by atoms with van der Waals surface area (Å²) >= 11 is 1.48. The van der Waals surface area contributed by atoms with E-state index in [1.807, 2.05) is 30.7 Å². The second-order valence-corrected chi connectivity index (χ2v) is 8.77. The number of imidazole rings is 1. The van der Waals surface area contributed by atoms with Gasteiger partial charge in [0, 0.05) is 43.4 Å². The van der Waals surface area contributed by atoms with Crippen molar-refractivity contribution in [3.05, 3.63) is 48.7 Å². The molecule has 0 aromatic carbocycles. The highest BCUT2D eigenvalue weighted by Crippen LogP contribution is 2.29. The Kier molecular flexibility index (Phi) is 5.50. The van der Waals surface area contributed by atoms with Gasteiger partial charge in [0.05, 0.1) is 11.9 Å². The van der Waals surface area contributed by atoms with Crippen LogP contribution in [0.5, 0.6) is 5.19 Å². The van der Waals surface area contributed by atoms with Gasteiger partial charge in [0.1, 0.15) is 6.10 Å². The van der Waals surface area contributed by atoms with Gasteiger partial charge in [0.25, 0.3) is 5.19 Å². The summed E-state index contributed by atoms with van der Waals surface area (Å²) in [6.45, 7) is 6.14. The largest absolute Gasteiger partial charge is 0.466 e. The molecule has 0 bridgehead atoms. The summed E-state index contributed by atoms with van der Waals surface area (Å²) in [5.74, 6) is 1.31. The number of anilines is 1. The molecule has 4 aromatic rings. The predicted octanol–water partition coefficient (Wildman–Crippen LogP) is 3.89. The average Bonchev–Trinajstić information content (AvgIpc) is 3.38. The monoisotopic (exact) mass is 435 g/mol. The number of rotatable bonds is 6. The van der Waals surface area contributed by atoms with Crippen LogP contribution in [0.3, 0.4) is 0 Å². The van der Waals surface area contributed by atoms with Gasteiger partial charge in [-0.05, 0) is 61.1 Å². The molecule has 9 heteroatoms. The topological polar surface area (TPSA) is 81.3 Å². The fourth-order valence-corrected chi connectivity index (χ4v) is 4.73. The molecule has 8 nitrogen and oxygen atoms in total. The zero-order valence-electron chi connectivity index (χ0n) is 17.7. The van der Waals surface area contributed by atoms with E-state index in [0.29, 0.717) is 11.1 Å². The minimum Gasteiger partial charge on any atom is -0.466 e. The molecule has 160 valence electrons. The van der Waals surface area contributed by atoms with Gasteiger partial charge in [0.15, 0.2) is 0 Å². The molecule has 0 amide bonds. The first-order valence-corrected chi connectivity index (χ1v) is 11.5. The number of hydrogen-bond donors (Lipinski definition) is 0. The summed E-state index contributed by atoms with van der Waals surface area (Å²) in [5, 5.41) is 5.24. The Hall–Kier alpha value is -3.07. The molecule has 0 saturated carbocycles. The van der Waals surface area contributed by atoms with Crippen molar-refractivity contribution in [2.45, 2.75) is 39.2 Å². The van der Waals surface area contributed by atoms with E-state index in [1.165, 1.54) is 16.9 Å². The summed E-state index contributed by atoms with van der Waals surface area (Å²) in [4.78, 5) is 20.9. The van der Waals surface area contributed by atoms with E-state index in [9.17, 15) is 0 Å². The highest BCUT2D eigenvalue weighted by molar-refractivity contribution is 7.18. The minimum atomic E-state index is 0.0982. The van der Waals surface area contributed by atoms with Gasteiger partial charge in [-0.25, -0.2) is 19.5 Å². The van der Waals surface area contributed by atoms with Crippen LogP contribution in [0.1, 0.15) is 32.3 Å². The highest BCUT2D eigenvalue weighted by Gasteiger charge is 2.27. The van der Waals surface area contributed by atoms with E-state index in [1.54, 1.807) is 16.9 Å². The molecule has 1 fully saturated rings. The van der Waals surface area contributed by atoms with Crippen molar-refractivity contribution in [2.24, 2.45) is 5.92 Å². The molecule has 0 N–H and O–H groups in total. The number of aryl methyl sites for hydroxylation is 1. The van der Waals surface area contributed by atoms with Crippen LogP contribution in [0, 0.1) is 5.92 Å². The Balaban J connectivity index is 1.19. The van der Waals surface area contributed by atoms with Crippen molar-refractivity contribution in [2.75, 3.05) is 18.0 Å². The Morgan fingerprint density at radius 1 is 1.16 bits per heavy atom. The first kappa shape index (κ1) is 19.9. The van der Waals surface area contributed by atoms with Gasteiger partial charge < -0.3 is 9.64 Å². The lowest BCUT2D eigenvalue weighted by Gasteiger charge is -2.34. The summed E-state index contributed by atoms with van der Waals surface area (Å²) in [6.07, 6.45) is 12.5. The lowest BCUT2D eigenvalue weighted by atomic mass is 9.92. The second kappa shape index (κ2) is 8.58. The molecule has 5 rings (SSSR count). The minimum absolute atomic E-state index is 0.0982. The molecule has 1 atom stereocenters. The maximum absolute atomic E-state index is 6.20. The van der Waals surface area contributed by atoms with E-state index in [4.69, 9.17) is 4.74 Å². The lowest BCUT2D eigenvalue weighted by Crippen LogP contribution is -2.39. The summed E-state index contributed by atoms with van der Waals surface area (Å²) in [7, 11) is 0. The molecule has 0 unspecified atom stereocenters. The van der Waals surface area contributed by atoms with Crippen molar-refractivity contribution in [3.63, 3.8) is 0 Å².